The summed E-state index contributed by atoms with van der Waals surface area (Å²) in [5.41, 5.74) is 14.8. The van der Waals surface area contributed by atoms with Gasteiger partial charge >= 0.3 is 0 Å². The van der Waals surface area contributed by atoms with E-state index in [0.29, 0.717) is 0 Å². The second kappa shape index (κ2) is 15.3. The summed E-state index contributed by atoms with van der Waals surface area (Å²) in [6.45, 7) is 16.7. The summed E-state index contributed by atoms with van der Waals surface area (Å²) in [5.74, 6) is 1.83. The smallest absolute Gasteiger partial charge is 0.140 e. The minimum Gasteiger partial charge on any atom is -0.456 e. The Morgan fingerprint density at radius 2 is 1.08 bits per heavy atom. The summed E-state index contributed by atoms with van der Waals surface area (Å²) in [7, 11) is 0. The molecule has 1 aliphatic carbocycles. The molecule has 2 heterocycles. The van der Waals surface area contributed by atoms with Crippen LogP contribution in [0.3, 0.4) is 0 Å². The molecule has 0 unspecified atom stereocenters. The van der Waals surface area contributed by atoms with Crippen LogP contribution in [0.5, 0.6) is 11.5 Å². The molecule has 0 amide bonds. The Labute approximate surface area is 384 Å². The molecule has 12 rings (SSSR count). The number of rotatable bonds is 9. The quantitative estimate of drug-likeness (QED) is 0.135. The molecule has 0 bridgehead atoms. The minimum atomic E-state index is -0.600. The van der Waals surface area contributed by atoms with Crippen molar-refractivity contribution in [2.45, 2.75) is 5.41 Å². The van der Waals surface area contributed by atoms with E-state index in [2.05, 4.69) is 195 Å². The standard InChI is InChI=1S/C63H43NO2/c1-5-7-16-40(3)41(4)37-46(6-2)64(48-32-33-53-52-22-13-15-24-59(52)65-60(53)39-48)47-30-25-42(26-31-47)45-29-34-56-54(38-45)51-21-12-14-23-55(51)63(56)57-35-27-43-17-8-10-19-49(43)61(57)66-62-50-20-11-9-18-44(50)28-36-58(62)63/h5-39H,1-4H2/b16-7-,46-37+. The highest BCUT2D eigenvalue weighted by atomic mass is 16.5. The van der Waals surface area contributed by atoms with E-state index in [1.165, 1.54) is 22.3 Å². The van der Waals surface area contributed by atoms with Crippen LogP contribution in [0.4, 0.5) is 11.4 Å². The van der Waals surface area contributed by atoms with E-state index >= 15 is 0 Å². The molecule has 0 fully saturated rings. The Balaban J connectivity index is 1.00. The van der Waals surface area contributed by atoms with E-state index in [-0.39, 0.29) is 0 Å². The Morgan fingerprint density at radius 3 is 1.79 bits per heavy atom. The molecule has 0 saturated carbocycles. The lowest BCUT2D eigenvalue weighted by Crippen LogP contribution is -2.32. The molecule has 312 valence electrons. The molecule has 9 aromatic carbocycles. The zero-order valence-corrected chi connectivity index (χ0v) is 36.3. The van der Waals surface area contributed by atoms with Crippen LogP contribution < -0.4 is 9.64 Å². The predicted octanol–water partition coefficient (Wildman–Crippen LogP) is 17.1. The molecule has 0 atom stereocenters. The number of furan rings is 1. The van der Waals surface area contributed by atoms with Crippen molar-refractivity contribution < 1.29 is 9.15 Å². The van der Waals surface area contributed by atoms with Crippen molar-refractivity contribution >= 4 is 54.9 Å². The van der Waals surface area contributed by atoms with Gasteiger partial charge in [0.1, 0.15) is 22.7 Å². The largest absolute Gasteiger partial charge is 0.456 e. The number of ether oxygens (including phenoxy) is 1. The summed E-state index contributed by atoms with van der Waals surface area (Å²) < 4.78 is 13.5. The molecule has 3 nitrogen and oxygen atoms in total. The van der Waals surface area contributed by atoms with E-state index in [9.17, 15) is 0 Å². The van der Waals surface area contributed by atoms with Crippen LogP contribution in [0.1, 0.15) is 22.3 Å². The van der Waals surface area contributed by atoms with E-state index in [0.717, 1.165) is 105 Å². The van der Waals surface area contributed by atoms with Crippen molar-refractivity contribution in [3.63, 3.8) is 0 Å². The third kappa shape index (κ3) is 5.84. The molecule has 1 aliphatic heterocycles. The summed E-state index contributed by atoms with van der Waals surface area (Å²) >= 11 is 0. The first-order chi connectivity index (χ1) is 32.5. The first kappa shape index (κ1) is 39.0. The van der Waals surface area contributed by atoms with Crippen LogP contribution in [0.2, 0.25) is 0 Å². The van der Waals surface area contributed by atoms with E-state index in [1.807, 2.05) is 42.5 Å². The van der Waals surface area contributed by atoms with Crippen molar-refractivity contribution in [2.75, 3.05) is 4.90 Å². The van der Waals surface area contributed by atoms with Gasteiger partial charge in [0.2, 0.25) is 0 Å². The Morgan fingerprint density at radius 1 is 0.485 bits per heavy atom. The van der Waals surface area contributed by atoms with E-state index < -0.39 is 5.41 Å². The number of hydrogen-bond donors (Lipinski definition) is 0. The lowest BCUT2D eigenvalue weighted by atomic mass is 9.65. The highest BCUT2D eigenvalue weighted by Crippen LogP contribution is 2.64. The number of anilines is 2. The second-order valence-electron chi connectivity index (χ2n) is 17.1. The van der Waals surface area contributed by atoms with Gasteiger partial charge in [0.25, 0.3) is 0 Å². The molecule has 0 radical (unpaired) electrons. The molecule has 1 spiro atoms. The minimum absolute atomic E-state index is 0.600. The van der Waals surface area contributed by atoms with Crippen molar-refractivity contribution in [1.82, 2.24) is 0 Å². The highest BCUT2D eigenvalue weighted by Gasteiger charge is 2.51. The molecule has 3 heteroatoms. The third-order valence-corrected chi connectivity index (χ3v) is 13.5. The number of para-hydroxylation sites is 1. The molecule has 0 saturated heterocycles. The first-order valence-corrected chi connectivity index (χ1v) is 22.3. The molecule has 1 aromatic heterocycles. The van der Waals surface area contributed by atoms with E-state index in [4.69, 9.17) is 9.15 Å². The Kier molecular flexibility index (Phi) is 9.01. The number of allylic oxidation sites excluding steroid dienone is 7. The number of nitrogens with zero attached hydrogens (tertiary/aromatic N) is 1. The Bertz CT molecular complexity index is 3680. The third-order valence-electron chi connectivity index (χ3n) is 13.5. The number of hydrogen-bond acceptors (Lipinski definition) is 3. The molecule has 10 aromatic rings. The molecule has 0 N–H and O–H groups in total. The lowest BCUT2D eigenvalue weighted by molar-refractivity contribution is 0.447. The monoisotopic (exact) mass is 845 g/mol. The van der Waals surface area contributed by atoms with Crippen LogP contribution in [-0.4, -0.2) is 0 Å². The van der Waals surface area contributed by atoms with Crippen molar-refractivity contribution in [3.8, 4) is 33.8 Å². The number of fused-ring (bicyclic) bond motifs is 16. The van der Waals surface area contributed by atoms with Gasteiger partial charge in [-0.1, -0.05) is 184 Å². The SMILES string of the molecule is C=C/C=C\C(=C)C(=C)/C=C(\C=C)N(c1ccc(-c2ccc3c(c2)-c2ccccc2C32c3ccc4ccccc4c3Oc3c2ccc2ccccc32)cc1)c1ccc2c(c1)oc1ccccc12. The maximum absolute atomic E-state index is 7.15. The van der Waals surface area contributed by atoms with Gasteiger partial charge in [0.05, 0.1) is 5.41 Å². The first-order valence-electron chi connectivity index (χ1n) is 22.3. The molecule has 2 aliphatic rings. The zero-order valence-electron chi connectivity index (χ0n) is 36.3. The average Bonchev–Trinajstić information content (AvgIpc) is 3.88. The van der Waals surface area contributed by atoms with Crippen LogP contribution >= 0.6 is 0 Å². The predicted molar refractivity (Wildman–Crippen MR) is 276 cm³/mol. The molecular formula is C63H43NO2. The van der Waals surface area contributed by atoms with Gasteiger partial charge in [-0.2, -0.15) is 0 Å². The fourth-order valence-electron chi connectivity index (χ4n) is 10.5. The van der Waals surface area contributed by atoms with Gasteiger partial charge in [-0.05, 0) is 104 Å². The van der Waals surface area contributed by atoms with Crippen LogP contribution in [0.15, 0.2) is 260 Å². The van der Waals surface area contributed by atoms with Gasteiger partial charge in [-0.3, -0.25) is 0 Å². The fraction of sp³-hybridized carbons (Fsp3) is 0.0159. The maximum atomic E-state index is 7.15. The van der Waals surface area contributed by atoms with Gasteiger partial charge in [0.15, 0.2) is 0 Å². The van der Waals surface area contributed by atoms with Gasteiger partial charge in [-0.25, -0.2) is 0 Å². The summed E-state index contributed by atoms with van der Waals surface area (Å²) in [6, 6.07) is 65.4. The normalized spacial score (nSPS) is 13.4. The van der Waals surface area contributed by atoms with Gasteiger partial charge in [0, 0.05) is 55.8 Å². The number of benzene rings is 9. The molecule has 66 heavy (non-hydrogen) atoms. The van der Waals surface area contributed by atoms with Crippen molar-refractivity contribution in [3.05, 3.63) is 278 Å². The fourth-order valence-corrected chi connectivity index (χ4v) is 10.5. The van der Waals surface area contributed by atoms with Crippen LogP contribution in [-0.2, 0) is 5.41 Å². The van der Waals surface area contributed by atoms with Crippen molar-refractivity contribution in [1.29, 1.82) is 0 Å². The average molecular weight is 846 g/mol. The summed E-state index contributed by atoms with van der Waals surface area (Å²) in [5, 5.41) is 6.67. The second-order valence-corrected chi connectivity index (χ2v) is 17.1. The van der Waals surface area contributed by atoms with Crippen LogP contribution in [0, 0.1) is 0 Å². The lowest BCUT2D eigenvalue weighted by Gasteiger charge is -2.40. The maximum Gasteiger partial charge on any atom is 0.140 e. The Hall–Kier alpha value is -8.66. The van der Waals surface area contributed by atoms with Crippen LogP contribution in [0.25, 0.3) is 65.7 Å². The summed E-state index contributed by atoms with van der Waals surface area (Å²) in [4.78, 5) is 2.19. The van der Waals surface area contributed by atoms with Crippen molar-refractivity contribution in [2.24, 2.45) is 0 Å². The topological polar surface area (TPSA) is 25.6 Å². The molecular weight excluding hydrogens is 803 g/mol. The van der Waals surface area contributed by atoms with Gasteiger partial charge < -0.3 is 14.1 Å². The highest BCUT2D eigenvalue weighted by molar-refractivity contribution is 6.06. The zero-order chi connectivity index (χ0) is 44.5. The van der Waals surface area contributed by atoms with E-state index in [1.54, 1.807) is 6.08 Å². The summed E-state index contributed by atoms with van der Waals surface area (Å²) in [6.07, 6.45) is 9.39. The van der Waals surface area contributed by atoms with Gasteiger partial charge in [-0.15, -0.1) is 0 Å².